The summed E-state index contributed by atoms with van der Waals surface area (Å²) in [6.45, 7) is 3.37. The lowest BCUT2D eigenvalue weighted by Crippen LogP contribution is -2.28. The Morgan fingerprint density at radius 3 is 2.25 bits per heavy atom. The molecule has 88 valence electrons. The van der Waals surface area contributed by atoms with E-state index in [-0.39, 0.29) is 12.2 Å². The number of hydrogen-bond acceptors (Lipinski definition) is 2. The number of benzene rings is 1. The molecule has 0 amide bonds. The zero-order chi connectivity index (χ0) is 12.2. The van der Waals surface area contributed by atoms with E-state index in [9.17, 15) is 13.6 Å². The zero-order valence-electron chi connectivity index (χ0n) is 9.30. The van der Waals surface area contributed by atoms with E-state index < -0.39 is 11.9 Å². The molecule has 0 spiro atoms. The normalized spacial score (nSPS) is 11.2. The molecular weight excluding hydrogens is 214 g/mol. The summed E-state index contributed by atoms with van der Waals surface area (Å²) in [7, 11) is 0. The van der Waals surface area contributed by atoms with Gasteiger partial charge in [0, 0.05) is 5.56 Å². The molecule has 16 heavy (non-hydrogen) atoms. The van der Waals surface area contributed by atoms with Gasteiger partial charge in [-0.15, -0.1) is 0 Å². The Labute approximate surface area is 93.2 Å². The van der Waals surface area contributed by atoms with E-state index in [1.165, 1.54) is 19.1 Å². The highest BCUT2D eigenvalue weighted by atomic mass is 19.3. The fourth-order valence-corrected chi connectivity index (χ4v) is 1.29. The fourth-order valence-electron chi connectivity index (χ4n) is 1.29. The van der Waals surface area contributed by atoms with Gasteiger partial charge in [-0.3, -0.25) is 0 Å². The number of hydrogen-bond donors (Lipinski definition) is 0. The van der Waals surface area contributed by atoms with Crippen LogP contribution < -0.4 is 0 Å². The molecule has 2 nitrogen and oxygen atoms in total. The highest BCUT2D eigenvalue weighted by molar-refractivity contribution is 5.79. The van der Waals surface area contributed by atoms with Crippen molar-refractivity contribution in [3.63, 3.8) is 0 Å². The van der Waals surface area contributed by atoms with Gasteiger partial charge in [-0.05, 0) is 18.9 Å². The van der Waals surface area contributed by atoms with Crippen LogP contribution in [-0.4, -0.2) is 12.6 Å². The smallest absolute Gasteiger partial charge is 0.381 e. The first-order chi connectivity index (χ1) is 7.52. The predicted molar refractivity (Wildman–Crippen MR) is 56.3 cm³/mol. The van der Waals surface area contributed by atoms with Gasteiger partial charge in [0.15, 0.2) is 0 Å². The molecule has 0 bridgehead atoms. The van der Waals surface area contributed by atoms with E-state index >= 15 is 0 Å². The summed E-state index contributed by atoms with van der Waals surface area (Å²) in [6.07, 6.45) is 0.769. The van der Waals surface area contributed by atoms with E-state index in [0.717, 1.165) is 12.0 Å². The van der Waals surface area contributed by atoms with Gasteiger partial charge < -0.3 is 4.74 Å². The summed E-state index contributed by atoms with van der Waals surface area (Å²) < 4.78 is 31.3. The SMILES string of the molecule is CCOC(=O)C(F)(F)c1ccc(CC)cc1. The molecular formula is C12H14F2O2. The van der Waals surface area contributed by atoms with Crippen LogP contribution in [0.1, 0.15) is 25.0 Å². The Kier molecular flexibility index (Phi) is 3.99. The second-order valence-electron chi connectivity index (χ2n) is 3.35. The number of halogens is 2. The predicted octanol–water partition coefficient (Wildman–Crippen LogP) is 2.90. The van der Waals surface area contributed by atoms with E-state index in [4.69, 9.17) is 0 Å². The minimum absolute atomic E-state index is 0.0541. The third-order valence-corrected chi connectivity index (χ3v) is 2.26. The minimum atomic E-state index is -3.57. The average molecular weight is 228 g/mol. The van der Waals surface area contributed by atoms with Gasteiger partial charge in [-0.2, -0.15) is 8.78 Å². The molecule has 0 unspecified atom stereocenters. The van der Waals surface area contributed by atoms with Crippen LogP contribution in [0.15, 0.2) is 24.3 Å². The summed E-state index contributed by atoms with van der Waals surface area (Å²) in [4.78, 5) is 11.0. The Morgan fingerprint density at radius 1 is 1.25 bits per heavy atom. The maximum Gasteiger partial charge on any atom is 0.381 e. The molecule has 0 N–H and O–H groups in total. The monoisotopic (exact) mass is 228 g/mol. The largest absolute Gasteiger partial charge is 0.461 e. The first-order valence-electron chi connectivity index (χ1n) is 5.16. The second kappa shape index (κ2) is 5.05. The van der Waals surface area contributed by atoms with Crippen molar-refractivity contribution in [2.75, 3.05) is 6.61 Å². The van der Waals surface area contributed by atoms with Crippen molar-refractivity contribution in [2.45, 2.75) is 26.2 Å². The molecule has 0 saturated heterocycles. The lowest BCUT2D eigenvalue weighted by atomic mass is 10.1. The molecule has 0 aromatic heterocycles. The molecule has 0 atom stereocenters. The second-order valence-corrected chi connectivity index (χ2v) is 3.35. The number of ether oxygens (including phenoxy) is 1. The molecule has 0 aliphatic carbocycles. The van der Waals surface area contributed by atoms with Crippen molar-refractivity contribution in [3.8, 4) is 0 Å². The van der Waals surface area contributed by atoms with Gasteiger partial charge >= 0.3 is 11.9 Å². The number of carbonyl (C=O) groups excluding carboxylic acids is 1. The minimum Gasteiger partial charge on any atom is -0.461 e. The van der Waals surface area contributed by atoms with Gasteiger partial charge in [0.25, 0.3) is 0 Å². The highest BCUT2D eigenvalue weighted by Gasteiger charge is 2.42. The molecule has 0 saturated carbocycles. The highest BCUT2D eigenvalue weighted by Crippen LogP contribution is 2.29. The molecule has 4 heteroatoms. The van der Waals surface area contributed by atoms with Gasteiger partial charge in [-0.1, -0.05) is 31.2 Å². The summed E-state index contributed by atoms with van der Waals surface area (Å²) in [5.41, 5.74) is 0.617. The van der Waals surface area contributed by atoms with E-state index in [0.29, 0.717) is 0 Å². The van der Waals surface area contributed by atoms with Crippen molar-refractivity contribution in [2.24, 2.45) is 0 Å². The van der Waals surface area contributed by atoms with Crippen LogP contribution in [0.4, 0.5) is 8.78 Å². The lowest BCUT2D eigenvalue weighted by molar-refractivity contribution is -0.173. The van der Waals surface area contributed by atoms with Crippen LogP contribution in [0.5, 0.6) is 0 Å². The van der Waals surface area contributed by atoms with Gasteiger partial charge in [0.2, 0.25) is 0 Å². The molecule has 0 aliphatic rings. The quantitative estimate of drug-likeness (QED) is 0.741. The first-order valence-corrected chi connectivity index (χ1v) is 5.16. The lowest BCUT2D eigenvalue weighted by Gasteiger charge is -2.15. The number of rotatable bonds is 4. The third-order valence-electron chi connectivity index (χ3n) is 2.26. The molecule has 1 aromatic rings. The maximum atomic E-state index is 13.5. The van der Waals surface area contributed by atoms with Crippen LogP contribution in [0.3, 0.4) is 0 Å². The van der Waals surface area contributed by atoms with E-state index in [1.807, 2.05) is 6.92 Å². The first kappa shape index (κ1) is 12.6. The van der Waals surface area contributed by atoms with Crippen LogP contribution >= 0.6 is 0 Å². The van der Waals surface area contributed by atoms with Crippen molar-refractivity contribution < 1.29 is 18.3 Å². The summed E-state index contributed by atoms with van der Waals surface area (Å²) in [6, 6.07) is 5.69. The molecule has 1 rings (SSSR count). The van der Waals surface area contributed by atoms with Crippen molar-refractivity contribution in [1.29, 1.82) is 0 Å². The van der Waals surface area contributed by atoms with Crippen LogP contribution in [-0.2, 0) is 21.9 Å². The molecule has 1 aromatic carbocycles. The summed E-state index contributed by atoms with van der Waals surface area (Å²) >= 11 is 0. The standard InChI is InChI=1S/C12H14F2O2/c1-3-9-5-7-10(8-6-9)12(13,14)11(15)16-4-2/h5-8H,3-4H2,1-2H3. The Bertz CT molecular complexity index is 358. The number of aryl methyl sites for hydroxylation is 1. The molecule has 0 heterocycles. The number of alkyl halides is 2. The molecule has 0 radical (unpaired) electrons. The average Bonchev–Trinajstić information content (AvgIpc) is 2.29. The van der Waals surface area contributed by atoms with E-state index in [1.54, 1.807) is 12.1 Å². The number of carbonyl (C=O) groups is 1. The van der Waals surface area contributed by atoms with Crippen LogP contribution in [0.25, 0.3) is 0 Å². The Balaban J connectivity index is 2.93. The summed E-state index contributed by atoms with van der Waals surface area (Å²) in [5, 5.41) is 0. The van der Waals surface area contributed by atoms with Gasteiger partial charge in [-0.25, -0.2) is 4.79 Å². The Hall–Kier alpha value is -1.45. The topological polar surface area (TPSA) is 26.3 Å². The molecule has 0 fully saturated rings. The summed E-state index contributed by atoms with van der Waals surface area (Å²) in [5.74, 6) is -5.07. The third kappa shape index (κ3) is 2.56. The van der Waals surface area contributed by atoms with Crippen LogP contribution in [0, 0.1) is 0 Å². The van der Waals surface area contributed by atoms with Gasteiger partial charge in [0.1, 0.15) is 0 Å². The fraction of sp³-hybridized carbons (Fsp3) is 0.417. The van der Waals surface area contributed by atoms with Crippen LogP contribution in [0.2, 0.25) is 0 Å². The maximum absolute atomic E-state index is 13.5. The van der Waals surface area contributed by atoms with Gasteiger partial charge in [0.05, 0.1) is 6.61 Å². The van der Waals surface area contributed by atoms with Crippen molar-refractivity contribution in [3.05, 3.63) is 35.4 Å². The van der Waals surface area contributed by atoms with Crippen molar-refractivity contribution in [1.82, 2.24) is 0 Å². The molecule has 0 aliphatic heterocycles. The number of esters is 1. The zero-order valence-corrected chi connectivity index (χ0v) is 9.30. The van der Waals surface area contributed by atoms with E-state index in [2.05, 4.69) is 4.74 Å². The van der Waals surface area contributed by atoms with Crippen molar-refractivity contribution >= 4 is 5.97 Å². The Morgan fingerprint density at radius 2 is 1.81 bits per heavy atom.